The van der Waals surface area contributed by atoms with Gasteiger partial charge < -0.3 is 15.3 Å². The van der Waals surface area contributed by atoms with E-state index in [4.69, 9.17) is 5.11 Å². The molecule has 2 amide bonds. The molecule has 0 saturated carbocycles. The molecular formula is C15H17N5O4. The molecule has 2 aromatic rings. The van der Waals surface area contributed by atoms with Crippen LogP contribution in [-0.2, 0) is 11.3 Å². The number of rotatable bonds is 5. The van der Waals surface area contributed by atoms with Crippen LogP contribution in [0, 0.1) is 6.92 Å². The smallest absolute Gasteiger partial charge is 0.335 e. The third-order valence-corrected chi connectivity index (χ3v) is 3.30. The number of benzene rings is 1. The number of amides is 2. The number of anilines is 1. The molecule has 0 spiro atoms. The van der Waals surface area contributed by atoms with E-state index in [1.807, 2.05) is 0 Å². The molecule has 0 saturated heterocycles. The number of hydrogen-bond donors (Lipinski definition) is 2. The molecule has 1 heterocycles. The topological polar surface area (TPSA) is 117 Å². The van der Waals surface area contributed by atoms with E-state index in [1.54, 1.807) is 27.1 Å². The van der Waals surface area contributed by atoms with Gasteiger partial charge in [0.05, 0.1) is 11.8 Å². The second kappa shape index (κ2) is 6.90. The number of carboxylic acid groups (broad SMARTS) is 1. The molecule has 0 aliphatic heterocycles. The average Bonchev–Trinajstić information content (AvgIpc) is 2.97. The molecule has 0 atom stereocenters. The van der Waals surface area contributed by atoms with Gasteiger partial charge in [0.2, 0.25) is 5.91 Å². The highest BCUT2D eigenvalue weighted by Crippen LogP contribution is 2.17. The van der Waals surface area contributed by atoms with Crippen molar-refractivity contribution >= 4 is 23.5 Å². The molecule has 0 radical (unpaired) electrons. The minimum Gasteiger partial charge on any atom is -0.478 e. The Labute approximate surface area is 137 Å². The van der Waals surface area contributed by atoms with Crippen LogP contribution < -0.4 is 5.32 Å². The second-order valence-corrected chi connectivity index (χ2v) is 5.38. The molecular weight excluding hydrogens is 314 g/mol. The van der Waals surface area contributed by atoms with E-state index in [1.165, 1.54) is 27.9 Å². The highest BCUT2D eigenvalue weighted by Gasteiger charge is 2.15. The first-order valence-corrected chi connectivity index (χ1v) is 7.03. The molecule has 1 aromatic carbocycles. The van der Waals surface area contributed by atoms with Crippen molar-refractivity contribution in [1.29, 1.82) is 0 Å². The maximum Gasteiger partial charge on any atom is 0.335 e. The highest BCUT2D eigenvalue weighted by molar-refractivity contribution is 6.03. The third kappa shape index (κ3) is 3.94. The quantitative estimate of drug-likeness (QED) is 0.829. The lowest BCUT2D eigenvalue weighted by molar-refractivity contribution is -0.129. The lowest BCUT2D eigenvalue weighted by atomic mass is 10.1. The maximum absolute atomic E-state index is 12.2. The molecule has 2 N–H and O–H groups in total. The number of aryl methyl sites for hydroxylation is 1. The van der Waals surface area contributed by atoms with E-state index in [0.29, 0.717) is 11.3 Å². The number of aromatic nitrogens is 3. The molecule has 1 aromatic heterocycles. The van der Waals surface area contributed by atoms with Crippen LogP contribution in [0.3, 0.4) is 0 Å². The predicted molar refractivity (Wildman–Crippen MR) is 84.8 cm³/mol. The zero-order valence-corrected chi connectivity index (χ0v) is 13.5. The number of carbonyl (C=O) groups excluding carboxylic acids is 2. The number of nitrogens with zero attached hydrogens (tertiary/aromatic N) is 4. The second-order valence-electron chi connectivity index (χ2n) is 5.38. The van der Waals surface area contributed by atoms with E-state index in [-0.39, 0.29) is 23.7 Å². The Hall–Kier alpha value is -3.23. The standard InChI is InChI=1S/C15H17N5O4/c1-9-4-5-10(15(23)24)6-11(9)16-14(22)12-7-20(18-17-12)8-13(21)19(2)3/h4-7H,8H2,1-3H3,(H,16,22)(H,23,24). The molecule has 9 nitrogen and oxygen atoms in total. The number of hydrogen-bond acceptors (Lipinski definition) is 5. The van der Waals surface area contributed by atoms with Crippen LogP contribution in [0.15, 0.2) is 24.4 Å². The van der Waals surface area contributed by atoms with Crippen LogP contribution in [0.1, 0.15) is 26.4 Å². The van der Waals surface area contributed by atoms with E-state index in [9.17, 15) is 14.4 Å². The molecule has 24 heavy (non-hydrogen) atoms. The lowest BCUT2D eigenvalue weighted by Crippen LogP contribution is -2.26. The Balaban J connectivity index is 2.13. The fourth-order valence-electron chi connectivity index (χ4n) is 1.84. The van der Waals surface area contributed by atoms with Crippen molar-refractivity contribution in [2.45, 2.75) is 13.5 Å². The average molecular weight is 331 g/mol. The van der Waals surface area contributed by atoms with Crippen molar-refractivity contribution in [2.75, 3.05) is 19.4 Å². The van der Waals surface area contributed by atoms with E-state index < -0.39 is 11.9 Å². The first-order valence-electron chi connectivity index (χ1n) is 7.03. The van der Waals surface area contributed by atoms with Gasteiger partial charge >= 0.3 is 5.97 Å². The first-order chi connectivity index (χ1) is 11.3. The van der Waals surface area contributed by atoms with E-state index in [2.05, 4.69) is 15.6 Å². The van der Waals surface area contributed by atoms with Gasteiger partial charge in [-0.05, 0) is 24.6 Å². The minimum atomic E-state index is -1.08. The van der Waals surface area contributed by atoms with E-state index >= 15 is 0 Å². The molecule has 0 aliphatic rings. The number of carbonyl (C=O) groups is 3. The van der Waals surface area contributed by atoms with Crippen LogP contribution in [0.4, 0.5) is 5.69 Å². The summed E-state index contributed by atoms with van der Waals surface area (Å²) >= 11 is 0. The zero-order chi connectivity index (χ0) is 17.9. The van der Waals surface area contributed by atoms with Crippen LogP contribution in [0.25, 0.3) is 0 Å². The number of nitrogens with one attached hydrogen (secondary N) is 1. The highest BCUT2D eigenvalue weighted by atomic mass is 16.4. The minimum absolute atomic E-state index is 0.0270. The normalized spacial score (nSPS) is 10.3. The Morgan fingerprint density at radius 3 is 2.62 bits per heavy atom. The number of aromatic carboxylic acids is 1. The summed E-state index contributed by atoms with van der Waals surface area (Å²) in [5.41, 5.74) is 1.18. The van der Waals surface area contributed by atoms with Crippen molar-refractivity contribution in [3.8, 4) is 0 Å². The third-order valence-electron chi connectivity index (χ3n) is 3.30. The van der Waals surface area contributed by atoms with Gasteiger partial charge in [0.25, 0.3) is 5.91 Å². The molecule has 0 fully saturated rings. The largest absolute Gasteiger partial charge is 0.478 e. The van der Waals surface area contributed by atoms with Crippen LogP contribution in [0.5, 0.6) is 0 Å². The Morgan fingerprint density at radius 2 is 2.00 bits per heavy atom. The van der Waals surface area contributed by atoms with Crippen molar-refractivity contribution in [2.24, 2.45) is 0 Å². The molecule has 9 heteroatoms. The number of likely N-dealkylation sites (N-methyl/N-ethyl adjacent to an activating group) is 1. The van der Waals surface area contributed by atoms with Crippen molar-refractivity contribution in [3.63, 3.8) is 0 Å². The van der Waals surface area contributed by atoms with Crippen molar-refractivity contribution < 1.29 is 19.5 Å². The van der Waals surface area contributed by atoms with Gasteiger partial charge in [-0.1, -0.05) is 11.3 Å². The van der Waals surface area contributed by atoms with Crippen molar-refractivity contribution in [1.82, 2.24) is 19.9 Å². The first kappa shape index (κ1) is 17.1. The Kier molecular flexibility index (Phi) is 4.93. The van der Waals surface area contributed by atoms with Crippen LogP contribution >= 0.6 is 0 Å². The predicted octanol–water partition coefficient (Wildman–Crippen LogP) is 0.625. The fraction of sp³-hybridized carbons (Fsp3) is 0.267. The summed E-state index contributed by atoms with van der Waals surface area (Å²) in [5.74, 6) is -1.81. The van der Waals surface area contributed by atoms with Crippen LogP contribution in [-0.4, -0.2) is 56.9 Å². The molecule has 0 aliphatic carbocycles. The fourth-order valence-corrected chi connectivity index (χ4v) is 1.84. The molecule has 2 rings (SSSR count). The van der Waals surface area contributed by atoms with Gasteiger partial charge in [0, 0.05) is 19.8 Å². The van der Waals surface area contributed by atoms with Crippen molar-refractivity contribution in [3.05, 3.63) is 41.2 Å². The summed E-state index contributed by atoms with van der Waals surface area (Å²) in [7, 11) is 3.23. The Bertz CT molecular complexity index is 797. The summed E-state index contributed by atoms with van der Waals surface area (Å²) in [6, 6.07) is 4.43. The summed E-state index contributed by atoms with van der Waals surface area (Å²) in [4.78, 5) is 36.2. The number of carboxylic acids is 1. The Morgan fingerprint density at radius 1 is 1.29 bits per heavy atom. The maximum atomic E-state index is 12.2. The summed E-state index contributed by atoms with van der Waals surface area (Å²) < 4.78 is 1.26. The summed E-state index contributed by atoms with van der Waals surface area (Å²) in [5, 5.41) is 19.1. The molecule has 126 valence electrons. The molecule has 0 bridgehead atoms. The van der Waals surface area contributed by atoms with Gasteiger partial charge in [-0.2, -0.15) is 0 Å². The zero-order valence-electron chi connectivity index (χ0n) is 13.5. The van der Waals surface area contributed by atoms with Gasteiger partial charge in [-0.15, -0.1) is 5.10 Å². The van der Waals surface area contributed by atoms with Gasteiger partial charge in [0.1, 0.15) is 6.54 Å². The summed E-state index contributed by atoms with van der Waals surface area (Å²) in [6.07, 6.45) is 1.35. The van der Waals surface area contributed by atoms with Crippen LogP contribution in [0.2, 0.25) is 0 Å². The van der Waals surface area contributed by atoms with Gasteiger partial charge in [-0.25, -0.2) is 9.48 Å². The lowest BCUT2D eigenvalue weighted by Gasteiger charge is -2.09. The van der Waals surface area contributed by atoms with Gasteiger partial charge in [-0.3, -0.25) is 9.59 Å². The monoisotopic (exact) mass is 331 g/mol. The summed E-state index contributed by atoms with van der Waals surface area (Å²) in [6.45, 7) is 1.72. The van der Waals surface area contributed by atoms with E-state index in [0.717, 1.165) is 0 Å². The SMILES string of the molecule is Cc1ccc(C(=O)O)cc1NC(=O)c1cn(CC(=O)N(C)C)nn1. The van der Waals surface area contributed by atoms with Gasteiger partial charge in [0.15, 0.2) is 5.69 Å². The molecule has 0 unspecified atom stereocenters.